The van der Waals surface area contributed by atoms with Crippen LogP contribution in [0.15, 0.2) is 30.3 Å². The molecule has 1 N–H and O–H groups in total. The molecule has 2 aliphatic rings. The number of nitrogens with zero attached hydrogens (tertiary/aromatic N) is 2. The quantitative estimate of drug-likeness (QED) is 0.873. The molecule has 0 radical (unpaired) electrons. The third-order valence-corrected chi connectivity index (χ3v) is 5.78. The highest BCUT2D eigenvalue weighted by molar-refractivity contribution is 5.89. The van der Waals surface area contributed by atoms with Crippen LogP contribution in [-0.2, 0) is 14.3 Å². The van der Waals surface area contributed by atoms with Crippen LogP contribution in [0.3, 0.4) is 0 Å². The minimum absolute atomic E-state index is 0.0679. The minimum atomic E-state index is -0.990. The lowest BCUT2D eigenvalue weighted by atomic mass is 9.91. The molecule has 2 saturated heterocycles. The highest BCUT2D eigenvalue weighted by atomic mass is 16.5. The SMILES string of the molecule is CC[C@H](C(=O)N1[C@H](C(=O)O)COC12CCN(CC)CC2)c1ccccc1. The maximum Gasteiger partial charge on any atom is 0.328 e. The summed E-state index contributed by atoms with van der Waals surface area (Å²) in [6.07, 6.45) is 1.94. The Bertz CT molecular complexity index is 640. The normalized spacial score (nSPS) is 23.9. The van der Waals surface area contributed by atoms with Crippen molar-refractivity contribution in [1.29, 1.82) is 0 Å². The molecule has 0 unspecified atom stereocenters. The largest absolute Gasteiger partial charge is 0.480 e. The van der Waals surface area contributed by atoms with Crippen LogP contribution in [0, 0.1) is 0 Å². The van der Waals surface area contributed by atoms with Gasteiger partial charge in [0.25, 0.3) is 0 Å². The molecule has 0 aromatic heterocycles. The number of carboxylic acid groups (broad SMARTS) is 1. The van der Waals surface area contributed by atoms with E-state index in [1.54, 1.807) is 4.90 Å². The van der Waals surface area contributed by atoms with Crippen LogP contribution in [-0.4, -0.2) is 64.8 Å². The second-order valence-corrected chi connectivity index (χ2v) is 7.13. The van der Waals surface area contributed by atoms with Gasteiger partial charge in [-0.2, -0.15) is 0 Å². The molecule has 142 valence electrons. The molecule has 2 atom stereocenters. The van der Waals surface area contributed by atoms with Crippen molar-refractivity contribution >= 4 is 11.9 Å². The van der Waals surface area contributed by atoms with Crippen LogP contribution in [0.5, 0.6) is 0 Å². The fraction of sp³-hybridized carbons (Fsp3) is 0.600. The van der Waals surface area contributed by atoms with Crippen LogP contribution < -0.4 is 0 Å². The summed E-state index contributed by atoms with van der Waals surface area (Å²) in [7, 11) is 0. The van der Waals surface area contributed by atoms with Gasteiger partial charge in [0.2, 0.25) is 5.91 Å². The van der Waals surface area contributed by atoms with Crippen LogP contribution in [0.25, 0.3) is 0 Å². The third kappa shape index (κ3) is 3.35. The molecular formula is C20H28N2O4. The van der Waals surface area contributed by atoms with E-state index in [9.17, 15) is 14.7 Å². The number of benzene rings is 1. The van der Waals surface area contributed by atoms with E-state index in [-0.39, 0.29) is 18.4 Å². The highest BCUT2D eigenvalue weighted by Gasteiger charge is 2.54. The van der Waals surface area contributed by atoms with E-state index in [1.807, 2.05) is 37.3 Å². The number of carbonyl (C=O) groups is 2. The van der Waals surface area contributed by atoms with Gasteiger partial charge in [-0.05, 0) is 18.5 Å². The lowest BCUT2D eigenvalue weighted by Gasteiger charge is -2.45. The van der Waals surface area contributed by atoms with Gasteiger partial charge in [0.15, 0.2) is 6.04 Å². The standard InChI is InChI=1S/C20H28N2O4/c1-3-16(15-8-6-5-7-9-15)18(23)22-17(19(24)25)14-26-20(22)10-12-21(4-2)13-11-20/h5-9,16-17H,3-4,10-14H2,1-2H3,(H,24,25)/t16-,17-/m0/s1. The van der Waals surface area contributed by atoms with E-state index < -0.39 is 17.7 Å². The first-order chi connectivity index (χ1) is 12.5. The summed E-state index contributed by atoms with van der Waals surface area (Å²) >= 11 is 0. The number of piperidine rings is 1. The van der Waals surface area contributed by atoms with Crippen molar-refractivity contribution in [1.82, 2.24) is 9.80 Å². The predicted octanol–water partition coefficient (Wildman–Crippen LogP) is 2.30. The first-order valence-electron chi connectivity index (χ1n) is 9.49. The monoisotopic (exact) mass is 360 g/mol. The van der Waals surface area contributed by atoms with Crippen molar-refractivity contribution in [2.75, 3.05) is 26.2 Å². The van der Waals surface area contributed by atoms with Gasteiger partial charge >= 0.3 is 5.97 Å². The molecule has 2 aliphatic heterocycles. The van der Waals surface area contributed by atoms with Gasteiger partial charge < -0.3 is 14.7 Å². The Balaban J connectivity index is 1.91. The molecule has 0 aliphatic carbocycles. The zero-order valence-electron chi connectivity index (χ0n) is 15.6. The molecule has 26 heavy (non-hydrogen) atoms. The second kappa shape index (κ2) is 7.76. The Morgan fingerprint density at radius 3 is 2.42 bits per heavy atom. The van der Waals surface area contributed by atoms with E-state index in [0.29, 0.717) is 19.3 Å². The molecule has 0 saturated carbocycles. The summed E-state index contributed by atoms with van der Waals surface area (Å²) in [6, 6.07) is 8.71. The van der Waals surface area contributed by atoms with Crippen LogP contribution in [0.1, 0.15) is 44.6 Å². The zero-order chi connectivity index (χ0) is 18.7. The molecule has 6 nitrogen and oxygen atoms in total. The lowest BCUT2D eigenvalue weighted by Crippen LogP contribution is -2.59. The molecule has 2 fully saturated rings. The number of hydrogen-bond acceptors (Lipinski definition) is 4. The van der Waals surface area contributed by atoms with Gasteiger partial charge in [0.05, 0.1) is 12.5 Å². The van der Waals surface area contributed by atoms with Crippen molar-refractivity contribution in [3.8, 4) is 0 Å². The highest BCUT2D eigenvalue weighted by Crippen LogP contribution is 2.40. The first kappa shape index (κ1) is 18.9. The summed E-state index contributed by atoms with van der Waals surface area (Å²) in [5.74, 6) is -1.47. The topological polar surface area (TPSA) is 70.1 Å². The molecule has 1 aromatic carbocycles. The van der Waals surface area contributed by atoms with Gasteiger partial charge in [0.1, 0.15) is 5.72 Å². The number of carbonyl (C=O) groups excluding carboxylic acids is 1. The number of ether oxygens (including phenoxy) is 1. The van der Waals surface area contributed by atoms with Crippen molar-refractivity contribution in [3.05, 3.63) is 35.9 Å². The van der Waals surface area contributed by atoms with Crippen LogP contribution in [0.4, 0.5) is 0 Å². The Morgan fingerprint density at radius 2 is 1.88 bits per heavy atom. The van der Waals surface area contributed by atoms with Gasteiger partial charge in [-0.25, -0.2) is 4.79 Å². The van der Waals surface area contributed by atoms with E-state index in [1.165, 1.54) is 0 Å². The van der Waals surface area contributed by atoms with E-state index in [2.05, 4.69) is 11.8 Å². The Morgan fingerprint density at radius 1 is 1.23 bits per heavy atom. The van der Waals surface area contributed by atoms with Crippen molar-refractivity contribution in [3.63, 3.8) is 0 Å². The molecule has 1 aromatic rings. The molecule has 3 rings (SSSR count). The Kier molecular flexibility index (Phi) is 5.63. The number of hydrogen-bond donors (Lipinski definition) is 1. The predicted molar refractivity (Wildman–Crippen MR) is 97.8 cm³/mol. The number of likely N-dealkylation sites (tertiary alicyclic amines) is 1. The number of aliphatic carboxylic acids is 1. The molecule has 6 heteroatoms. The van der Waals surface area contributed by atoms with Crippen molar-refractivity contribution < 1.29 is 19.4 Å². The maximum atomic E-state index is 13.5. The zero-order valence-corrected chi connectivity index (χ0v) is 15.6. The maximum absolute atomic E-state index is 13.5. The minimum Gasteiger partial charge on any atom is -0.480 e. The molecule has 2 heterocycles. The van der Waals surface area contributed by atoms with Gasteiger partial charge in [-0.15, -0.1) is 0 Å². The third-order valence-electron chi connectivity index (χ3n) is 5.78. The fourth-order valence-electron chi connectivity index (χ4n) is 4.21. The summed E-state index contributed by atoms with van der Waals surface area (Å²) in [5.41, 5.74) is 0.144. The molecule has 1 amide bonds. The molecular weight excluding hydrogens is 332 g/mol. The van der Waals surface area contributed by atoms with E-state index in [0.717, 1.165) is 25.2 Å². The summed E-state index contributed by atoms with van der Waals surface area (Å²) < 4.78 is 6.01. The fourth-order valence-corrected chi connectivity index (χ4v) is 4.21. The van der Waals surface area contributed by atoms with Gasteiger partial charge in [-0.3, -0.25) is 9.69 Å². The summed E-state index contributed by atoms with van der Waals surface area (Å²) in [4.78, 5) is 29.2. The van der Waals surface area contributed by atoms with Crippen LogP contribution in [0.2, 0.25) is 0 Å². The summed E-state index contributed by atoms with van der Waals surface area (Å²) in [6.45, 7) is 6.73. The lowest BCUT2D eigenvalue weighted by molar-refractivity contribution is -0.167. The number of rotatable bonds is 5. The van der Waals surface area contributed by atoms with Crippen molar-refractivity contribution in [2.45, 2.75) is 50.8 Å². The number of carboxylic acids is 1. The second-order valence-electron chi connectivity index (χ2n) is 7.13. The van der Waals surface area contributed by atoms with Crippen LogP contribution >= 0.6 is 0 Å². The Hall–Kier alpha value is -1.92. The van der Waals surface area contributed by atoms with Gasteiger partial charge in [0, 0.05) is 25.9 Å². The molecule has 0 bridgehead atoms. The average Bonchev–Trinajstić information content (AvgIpc) is 3.03. The number of amides is 1. The van der Waals surface area contributed by atoms with E-state index >= 15 is 0 Å². The molecule has 1 spiro atoms. The van der Waals surface area contributed by atoms with Gasteiger partial charge in [-0.1, -0.05) is 44.2 Å². The summed E-state index contributed by atoms with van der Waals surface area (Å²) in [5, 5.41) is 9.69. The smallest absolute Gasteiger partial charge is 0.328 e. The van der Waals surface area contributed by atoms with Crippen molar-refractivity contribution in [2.24, 2.45) is 0 Å². The Labute approximate surface area is 154 Å². The average molecular weight is 360 g/mol. The van der Waals surface area contributed by atoms with E-state index in [4.69, 9.17) is 4.74 Å². The first-order valence-corrected chi connectivity index (χ1v) is 9.49.